The zero-order valence-corrected chi connectivity index (χ0v) is 13.1. The molecule has 0 aliphatic heterocycles. The third-order valence-electron chi connectivity index (χ3n) is 3.28. The normalized spacial score (nSPS) is 10.9. The number of anilines is 1. The predicted octanol–water partition coefficient (Wildman–Crippen LogP) is 2.16. The van der Waals surface area contributed by atoms with Gasteiger partial charge in [-0.25, -0.2) is 4.39 Å². The van der Waals surface area contributed by atoms with Gasteiger partial charge in [0, 0.05) is 32.8 Å². The van der Waals surface area contributed by atoms with Gasteiger partial charge in [-0.05, 0) is 44.5 Å². The first-order valence-corrected chi connectivity index (χ1v) is 7.65. The Kier molecular flexibility index (Phi) is 8.98. The number of nitrogens with zero attached hydrogens (tertiary/aromatic N) is 1. The summed E-state index contributed by atoms with van der Waals surface area (Å²) in [6.07, 6.45) is 0.966. The molecule has 0 fully saturated rings. The van der Waals surface area contributed by atoms with Crippen LogP contribution in [0.4, 0.5) is 10.1 Å². The van der Waals surface area contributed by atoms with Gasteiger partial charge in [-0.3, -0.25) is 0 Å². The summed E-state index contributed by atoms with van der Waals surface area (Å²) >= 11 is 0. The Labute approximate surface area is 126 Å². The Balaban J connectivity index is 2.52. The molecule has 0 aliphatic carbocycles. The van der Waals surface area contributed by atoms with Crippen LogP contribution in [-0.4, -0.2) is 44.6 Å². The molecule has 2 N–H and O–H groups in total. The number of rotatable bonds is 11. The minimum atomic E-state index is -0.245. The maximum atomic E-state index is 13.9. The molecule has 0 aliphatic rings. The Hall–Kier alpha value is -1.17. The van der Waals surface area contributed by atoms with Crippen molar-refractivity contribution in [1.82, 2.24) is 5.32 Å². The predicted molar refractivity (Wildman–Crippen MR) is 84.2 cm³/mol. The van der Waals surface area contributed by atoms with Crippen molar-refractivity contribution in [1.29, 1.82) is 0 Å². The number of ether oxygens (including phenoxy) is 1. The van der Waals surface area contributed by atoms with Crippen LogP contribution >= 0.6 is 0 Å². The van der Waals surface area contributed by atoms with E-state index in [2.05, 4.69) is 5.32 Å². The van der Waals surface area contributed by atoms with Crippen LogP contribution in [-0.2, 0) is 11.3 Å². The smallest absolute Gasteiger partial charge is 0.146 e. The first-order chi connectivity index (χ1) is 10.2. The number of halogens is 1. The molecule has 1 rings (SSSR count). The number of hydrogen-bond donors (Lipinski definition) is 2. The lowest BCUT2D eigenvalue weighted by atomic mass is 10.1. The monoisotopic (exact) mass is 298 g/mol. The number of nitrogens with one attached hydrogen (secondary N) is 1. The number of hydrogen-bond acceptors (Lipinski definition) is 4. The molecular weight excluding hydrogens is 271 g/mol. The van der Waals surface area contributed by atoms with Gasteiger partial charge in [-0.2, -0.15) is 0 Å². The van der Waals surface area contributed by atoms with E-state index in [1.54, 1.807) is 6.07 Å². The highest BCUT2D eigenvalue weighted by atomic mass is 19.1. The lowest BCUT2D eigenvalue weighted by Crippen LogP contribution is -2.27. The average Bonchev–Trinajstić information content (AvgIpc) is 2.50. The molecule has 4 nitrogen and oxygen atoms in total. The van der Waals surface area contributed by atoms with Gasteiger partial charge in [-0.15, -0.1) is 0 Å². The minimum Gasteiger partial charge on any atom is -0.395 e. The summed E-state index contributed by atoms with van der Waals surface area (Å²) in [5, 5.41) is 12.4. The molecular formula is C16H27FN2O2. The summed E-state index contributed by atoms with van der Waals surface area (Å²) in [6, 6.07) is 5.14. The van der Waals surface area contributed by atoms with E-state index in [0.29, 0.717) is 25.3 Å². The van der Waals surface area contributed by atoms with Crippen LogP contribution in [0.5, 0.6) is 0 Å². The third-order valence-corrected chi connectivity index (χ3v) is 3.28. The van der Waals surface area contributed by atoms with Gasteiger partial charge >= 0.3 is 0 Å². The van der Waals surface area contributed by atoms with Crippen molar-refractivity contribution in [2.24, 2.45) is 0 Å². The number of likely N-dealkylation sites (N-methyl/N-ethyl adjacent to an activating group) is 1. The Bertz CT molecular complexity index is 402. The molecule has 1 aromatic carbocycles. The fourth-order valence-corrected chi connectivity index (χ4v) is 2.16. The van der Waals surface area contributed by atoms with E-state index in [-0.39, 0.29) is 12.4 Å². The summed E-state index contributed by atoms with van der Waals surface area (Å²) in [7, 11) is 0. The van der Waals surface area contributed by atoms with Crippen LogP contribution < -0.4 is 10.2 Å². The van der Waals surface area contributed by atoms with Crippen molar-refractivity contribution < 1.29 is 14.2 Å². The highest BCUT2D eigenvalue weighted by Gasteiger charge is 2.10. The van der Waals surface area contributed by atoms with Crippen LogP contribution in [0, 0.1) is 5.82 Å². The standard InChI is InChI=1S/C16H27FN2O2/c1-3-19(9-10-20)16-12-14(6-7-15(16)17)13-18-8-5-11-21-4-2/h6-7,12,18,20H,3-5,8-11,13H2,1-2H3. The van der Waals surface area contributed by atoms with Crippen molar-refractivity contribution in [3.05, 3.63) is 29.6 Å². The van der Waals surface area contributed by atoms with E-state index in [4.69, 9.17) is 9.84 Å². The summed E-state index contributed by atoms with van der Waals surface area (Å²) in [4.78, 5) is 1.84. The van der Waals surface area contributed by atoms with Crippen LogP contribution in [0.25, 0.3) is 0 Å². The van der Waals surface area contributed by atoms with Crippen LogP contribution in [0.2, 0.25) is 0 Å². The molecule has 21 heavy (non-hydrogen) atoms. The van der Waals surface area contributed by atoms with Crippen molar-refractivity contribution in [3.63, 3.8) is 0 Å². The molecule has 0 amide bonds. The maximum Gasteiger partial charge on any atom is 0.146 e. The van der Waals surface area contributed by atoms with E-state index >= 15 is 0 Å². The second-order valence-corrected chi connectivity index (χ2v) is 4.82. The van der Waals surface area contributed by atoms with E-state index in [1.165, 1.54) is 6.07 Å². The second kappa shape index (κ2) is 10.5. The second-order valence-electron chi connectivity index (χ2n) is 4.82. The van der Waals surface area contributed by atoms with Crippen LogP contribution in [0.1, 0.15) is 25.8 Å². The lowest BCUT2D eigenvalue weighted by Gasteiger charge is -2.23. The van der Waals surface area contributed by atoms with E-state index < -0.39 is 0 Å². The van der Waals surface area contributed by atoms with Gasteiger partial charge in [0.2, 0.25) is 0 Å². The molecule has 0 bridgehead atoms. The third kappa shape index (κ3) is 6.42. The molecule has 5 heteroatoms. The van der Waals surface area contributed by atoms with Crippen molar-refractivity contribution in [2.45, 2.75) is 26.8 Å². The topological polar surface area (TPSA) is 44.7 Å². The van der Waals surface area contributed by atoms with Gasteiger partial charge in [0.05, 0.1) is 12.3 Å². The molecule has 120 valence electrons. The van der Waals surface area contributed by atoms with E-state index in [1.807, 2.05) is 24.8 Å². The van der Waals surface area contributed by atoms with Crippen molar-refractivity contribution >= 4 is 5.69 Å². The molecule has 1 aromatic rings. The van der Waals surface area contributed by atoms with E-state index in [9.17, 15) is 4.39 Å². The molecule has 0 spiro atoms. The summed E-state index contributed by atoms with van der Waals surface area (Å²) < 4.78 is 19.2. The quantitative estimate of drug-likeness (QED) is 0.615. The fourth-order valence-electron chi connectivity index (χ4n) is 2.16. The molecule has 0 heterocycles. The van der Waals surface area contributed by atoms with Gasteiger partial charge in [0.15, 0.2) is 0 Å². The largest absolute Gasteiger partial charge is 0.395 e. The molecule has 0 aromatic heterocycles. The van der Waals surface area contributed by atoms with Gasteiger partial charge < -0.3 is 20.1 Å². The number of aliphatic hydroxyl groups excluding tert-OH is 1. The Morgan fingerprint density at radius 1 is 1.33 bits per heavy atom. The summed E-state index contributed by atoms with van der Waals surface area (Å²) in [5.41, 5.74) is 1.60. The van der Waals surface area contributed by atoms with Crippen molar-refractivity contribution in [2.75, 3.05) is 44.4 Å². The molecule has 0 radical (unpaired) electrons. The first-order valence-electron chi connectivity index (χ1n) is 7.65. The first kappa shape index (κ1) is 17.9. The van der Waals surface area contributed by atoms with Crippen molar-refractivity contribution in [3.8, 4) is 0 Å². The van der Waals surface area contributed by atoms with Crippen LogP contribution in [0.15, 0.2) is 18.2 Å². The van der Waals surface area contributed by atoms with E-state index in [0.717, 1.165) is 31.7 Å². The van der Waals surface area contributed by atoms with Gasteiger partial charge in [0.25, 0.3) is 0 Å². The Morgan fingerprint density at radius 2 is 2.14 bits per heavy atom. The maximum absolute atomic E-state index is 13.9. The van der Waals surface area contributed by atoms with Crippen LogP contribution in [0.3, 0.4) is 0 Å². The lowest BCUT2D eigenvalue weighted by molar-refractivity contribution is 0.144. The number of benzene rings is 1. The minimum absolute atomic E-state index is 0.0210. The highest BCUT2D eigenvalue weighted by Crippen LogP contribution is 2.20. The SMILES string of the molecule is CCOCCCNCc1ccc(F)c(N(CC)CCO)c1. The fraction of sp³-hybridized carbons (Fsp3) is 0.625. The zero-order chi connectivity index (χ0) is 15.5. The van der Waals surface area contributed by atoms with Gasteiger partial charge in [-0.1, -0.05) is 6.07 Å². The molecule has 0 saturated heterocycles. The number of aliphatic hydroxyl groups is 1. The zero-order valence-electron chi connectivity index (χ0n) is 13.1. The Morgan fingerprint density at radius 3 is 2.81 bits per heavy atom. The highest BCUT2D eigenvalue weighted by molar-refractivity contribution is 5.50. The van der Waals surface area contributed by atoms with Gasteiger partial charge in [0.1, 0.15) is 5.82 Å². The summed E-state index contributed by atoms with van der Waals surface area (Å²) in [6.45, 7) is 8.16. The molecule has 0 atom stereocenters. The average molecular weight is 298 g/mol. The molecule has 0 saturated carbocycles. The molecule has 0 unspecified atom stereocenters. The summed E-state index contributed by atoms with van der Waals surface area (Å²) in [5.74, 6) is -0.245.